The van der Waals surface area contributed by atoms with E-state index in [1.165, 1.54) is 0 Å². The van der Waals surface area contributed by atoms with Gasteiger partial charge in [-0.15, -0.1) is 0 Å². The van der Waals surface area contributed by atoms with Crippen molar-refractivity contribution in [2.45, 2.75) is 37.0 Å². The van der Waals surface area contributed by atoms with Crippen LogP contribution in [0, 0.1) is 0 Å². The highest BCUT2D eigenvalue weighted by molar-refractivity contribution is 7.91. The van der Waals surface area contributed by atoms with Crippen LogP contribution in [0.15, 0.2) is 16.5 Å². The van der Waals surface area contributed by atoms with E-state index in [9.17, 15) is 8.42 Å². The van der Waals surface area contributed by atoms with E-state index in [2.05, 4.69) is 5.32 Å². The molecule has 18 heavy (non-hydrogen) atoms. The van der Waals surface area contributed by atoms with Crippen LogP contribution in [-0.4, -0.2) is 33.4 Å². The summed E-state index contributed by atoms with van der Waals surface area (Å²) in [6, 6.07) is 3.53. The monoisotopic (exact) mass is 273 g/mol. The van der Waals surface area contributed by atoms with Gasteiger partial charge in [0.15, 0.2) is 9.84 Å². The summed E-state index contributed by atoms with van der Waals surface area (Å²) in [4.78, 5) is 0. The van der Waals surface area contributed by atoms with Crippen LogP contribution < -0.4 is 5.32 Å². The second-order valence-electron chi connectivity index (χ2n) is 4.61. The molecule has 0 radical (unpaired) electrons. The molecule has 5 nitrogen and oxygen atoms in total. The maximum Gasteiger partial charge on any atom is 0.163 e. The summed E-state index contributed by atoms with van der Waals surface area (Å²) in [6.45, 7) is 2.93. The average Bonchev–Trinajstić information content (AvgIpc) is 2.88. The predicted octanol–water partition coefficient (Wildman–Crippen LogP) is 1.09. The van der Waals surface area contributed by atoms with Crippen LogP contribution in [0.2, 0.25) is 0 Å². The van der Waals surface area contributed by atoms with E-state index in [0.29, 0.717) is 25.3 Å². The standard InChI is InChI=1S/C12H19NO4S/c1-9-12(5-6-16-9)18(14,15)8-11-4-3-10(17-11)7-13-2/h3-4,9,12-13H,5-8H2,1-2H3. The van der Waals surface area contributed by atoms with Crippen LogP contribution in [0.25, 0.3) is 0 Å². The van der Waals surface area contributed by atoms with Crippen LogP contribution in [-0.2, 0) is 26.9 Å². The van der Waals surface area contributed by atoms with Crippen molar-refractivity contribution in [3.8, 4) is 0 Å². The molecule has 1 aliphatic rings. The molecule has 0 saturated carbocycles. The summed E-state index contributed by atoms with van der Waals surface area (Å²) in [6.07, 6.45) is 0.356. The van der Waals surface area contributed by atoms with Gasteiger partial charge in [-0.3, -0.25) is 0 Å². The Morgan fingerprint density at radius 2 is 2.11 bits per heavy atom. The normalized spacial score (nSPS) is 24.6. The Bertz CT molecular complexity index is 494. The van der Waals surface area contributed by atoms with E-state index in [1.807, 2.05) is 14.0 Å². The zero-order chi connectivity index (χ0) is 13.2. The second-order valence-corrected chi connectivity index (χ2v) is 6.83. The van der Waals surface area contributed by atoms with E-state index in [-0.39, 0.29) is 11.9 Å². The molecule has 1 fully saturated rings. The molecule has 102 valence electrons. The van der Waals surface area contributed by atoms with Gasteiger partial charge in [-0.1, -0.05) is 0 Å². The van der Waals surface area contributed by atoms with Crippen molar-refractivity contribution in [2.24, 2.45) is 0 Å². The Labute approximate surface area is 107 Å². The van der Waals surface area contributed by atoms with Gasteiger partial charge in [0.25, 0.3) is 0 Å². The molecular weight excluding hydrogens is 254 g/mol. The fraction of sp³-hybridized carbons (Fsp3) is 0.667. The topological polar surface area (TPSA) is 68.5 Å². The molecular formula is C12H19NO4S. The molecule has 0 aliphatic carbocycles. The van der Waals surface area contributed by atoms with Crippen LogP contribution in [0.3, 0.4) is 0 Å². The van der Waals surface area contributed by atoms with E-state index in [4.69, 9.17) is 9.15 Å². The number of sulfone groups is 1. The Balaban J connectivity index is 2.07. The minimum atomic E-state index is -3.20. The maximum atomic E-state index is 12.2. The molecule has 1 saturated heterocycles. The zero-order valence-corrected chi connectivity index (χ0v) is 11.5. The van der Waals surface area contributed by atoms with Crippen LogP contribution in [0.5, 0.6) is 0 Å². The Morgan fingerprint density at radius 3 is 2.72 bits per heavy atom. The maximum absolute atomic E-state index is 12.2. The van der Waals surface area contributed by atoms with Crippen LogP contribution >= 0.6 is 0 Å². The van der Waals surface area contributed by atoms with E-state index < -0.39 is 15.1 Å². The highest BCUT2D eigenvalue weighted by atomic mass is 32.2. The minimum Gasteiger partial charge on any atom is -0.464 e. The van der Waals surface area contributed by atoms with Crippen molar-refractivity contribution >= 4 is 9.84 Å². The van der Waals surface area contributed by atoms with Crippen LogP contribution in [0.1, 0.15) is 24.9 Å². The largest absolute Gasteiger partial charge is 0.464 e. The number of hydrogen-bond acceptors (Lipinski definition) is 5. The van der Waals surface area contributed by atoms with E-state index in [0.717, 1.165) is 5.76 Å². The molecule has 0 spiro atoms. The highest BCUT2D eigenvalue weighted by Gasteiger charge is 2.36. The van der Waals surface area contributed by atoms with Gasteiger partial charge in [0.05, 0.1) is 17.9 Å². The van der Waals surface area contributed by atoms with E-state index in [1.54, 1.807) is 12.1 Å². The number of rotatable bonds is 5. The number of ether oxygens (including phenoxy) is 1. The van der Waals surface area contributed by atoms with Gasteiger partial charge in [-0.2, -0.15) is 0 Å². The van der Waals surface area contributed by atoms with Crippen molar-refractivity contribution in [2.75, 3.05) is 13.7 Å². The average molecular weight is 273 g/mol. The first-order chi connectivity index (χ1) is 8.53. The molecule has 0 amide bonds. The summed E-state index contributed by atoms with van der Waals surface area (Å²) >= 11 is 0. The summed E-state index contributed by atoms with van der Waals surface area (Å²) in [5.41, 5.74) is 0. The van der Waals surface area contributed by atoms with Gasteiger partial charge < -0.3 is 14.5 Å². The first-order valence-corrected chi connectivity index (χ1v) is 7.80. The third-order valence-corrected chi connectivity index (χ3v) is 5.41. The molecule has 0 bridgehead atoms. The molecule has 2 heterocycles. The summed E-state index contributed by atoms with van der Waals surface area (Å²) in [7, 11) is -1.39. The lowest BCUT2D eigenvalue weighted by atomic mass is 10.3. The number of hydrogen-bond donors (Lipinski definition) is 1. The third-order valence-electron chi connectivity index (χ3n) is 3.18. The molecule has 0 aromatic carbocycles. The lowest BCUT2D eigenvalue weighted by Gasteiger charge is -2.13. The van der Waals surface area contributed by atoms with Gasteiger partial charge >= 0.3 is 0 Å². The molecule has 2 unspecified atom stereocenters. The summed E-state index contributed by atoms with van der Waals surface area (Å²) in [5.74, 6) is 1.20. The zero-order valence-electron chi connectivity index (χ0n) is 10.7. The quantitative estimate of drug-likeness (QED) is 0.869. The lowest BCUT2D eigenvalue weighted by Crippen LogP contribution is -2.29. The van der Waals surface area contributed by atoms with Crippen LogP contribution in [0.4, 0.5) is 0 Å². The van der Waals surface area contributed by atoms with Crippen molar-refractivity contribution in [3.05, 3.63) is 23.7 Å². The molecule has 1 N–H and O–H groups in total. The lowest BCUT2D eigenvalue weighted by molar-refractivity contribution is 0.126. The van der Waals surface area contributed by atoms with Crippen molar-refractivity contribution in [3.63, 3.8) is 0 Å². The predicted molar refractivity (Wildman–Crippen MR) is 67.9 cm³/mol. The van der Waals surface area contributed by atoms with E-state index >= 15 is 0 Å². The molecule has 2 rings (SSSR count). The molecule has 2 atom stereocenters. The Morgan fingerprint density at radius 1 is 1.39 bits per heavy atom. The van der Waals surface area contributed by atoms with Crippen molar-refractivity contribution in [1.29, 1.82) is 0 Å². The van der Waals surface area contributed by atoms with Gasteiger partial charge in [-0.25, -0.2) is 8.42 Å². The fourth-order valence-electron chi connectivity index (χ4n) is 2.26. The SMILES string of the molecule is CNCc1ccc(CS(=O)(=O)C2CCOC2C)o1. The van der Waals surface area contributed by atoms with Gasteiger partial charge in [0, 0.05) is 6.61 Å². The minimum absolute atomic E-state index is 0.0465. The first kappa shape index (κ1) is 13.6. The van der Waals surface area contributed by atoms with Gasteiger partial charge in [0.2, 0.25) is 0 Å². The molecule has 1 aromatic heterocycles. The van der Waals surface area contributed by atoms with Crippen molar-refractivity contribution < 1.29 is 17.6 Å². The number of furan rings is 1. The smallest absolute Gasteiger partial charge is 0.163 e. The summed E-state index contributed by atoms with van der Waals surface area (Å²) < 4.78 is 35.2. The highest BCUT2D eigenvalue weighted by Crippen LogP contribution is 2.24. The fourth-order valence-corrected chi connectivity index (χ4v) is 4.14. The molecule has 6 heteroatoms. The molecule has 1 aromatic rings. The second kappa shape index (κ2) is 5.42. The first-order valence-electron chi connectivity index (χ1n) is 6.08. The third kappa shape index (κ3) is 2.93. The summed E-state index contributed by atoms with van der Waals surface area (Å²) in [5, 5.41) is 2.55. The van der Waals surface area contributed by atoms with Crippen molar-refractivity contribution in [1.82, 2.24) is 5.32 Å². The Hall–Kier alpha value is -0.850. The van der Waals surface area contributed by atoms with Gasteiger partial charge in [-0.05, 0) is 32.5 Å². The molecule has 1 aliphatic heterocycles. The van der Waals surface area contributed by atoms with Gasteiger partial charge in [0.1, 0.15) is 17.3 Å². The Kier molecular flexibility index (Phi) is 4.09. The number of nitrogens with one attached hydrogen (secondary N) is 1.